The molecule has 5 heterocycles. The number of hydrogen-bond acceptors (Lipinski definition) is 7. The Kier molecular flexibility index (Phi) is 3.86. The van der Waals surface area contributed by atoms with E-state index >= 15 is 0 Å². The largest absolute Gasteiger partial charge is 0.463 e. The predicted octanol–water partition coefficient (Wildman–Crippen LogP) is 3.41. The number of nitrogens with one attached hydrogen (secondary N) is 1. The van der Waals surface area contributed by atoms with Gasteiger partial charge in [0.05, 0.1) is 11.8 Å². The van der Waals surface area contributed by atoms with Gasteiger partial charge in [-0.15, -0.1) is 0 Å². The Labute approximate surface area is 157 Å². The van der Waals surface area contributed by atoms with Gasteiger partial charge in [0, 0.05) is 30.5 Å². The average molecular weight is 381 g/mol. The summed E-state index contributed by atoms with van der Waals surface area (Å²) in [6.45, 7) is 1.18. The minimum absolute atomic E-state index is 0.0635. The molecule has 0 saturated carbocycles. The first-order chi connectivity index (χ1) is 13.3. The van der Waals surface area contributed by atoms with Crippen molar-refractivity contribution >= 4 is 17.2 Å². The Balaban J connectivity index is 1.29. The van der Waals surface area contributed by atoms with Crippen LogP contribution in [0.15, 0.2) is 50.2 Å². The summed E-state index contributed by atoms with van der Waals surface area (Å²) >= 11 is 1.58. The fraction of sp³-hybridized carbons (Fsp3) is 0.222. The molecule has 0 bridgehead atoms. The van der Waals surface area contributed by atoms with E-state index in [1.807, 2.05) is 22.9 Å². The molecule has 136 valence electrons. The van der Waals surface area contributed by atoms with E-state index < -0.39 is 0 Å². The second-order valence-electron chi connectivity index (χ2n) is 6.35. The molecule has 0 aliphatic carbocycles. The van der Waals surface area contributed by atoms with E-state index in [4.69, 9.17) is 8.94 Å². The van der Waals surface area contributed by atoms with E-state index in [0.29, 0.717) is 42.0 Å². The van der Waals surface area contributed by atoms with Gasteiger partial charge in [0.25, 0.3) is 11.8 Å². The summed E-state index contributed by atoms with van der Waals surface area (Å²) in [5, 5.41) is 15.0. The van der Waals surface area contributed by atoms with Crippen molar-refractivity contribution in [1.29, 1.82) is 0 Å². The van der Waals surface area contributed by atoms with E-state index in [0.717, 1.165) is 12.0 Å². The van der Waals surface area contributed by atoms with Gasteiger partial charge in [-0.05, 0) is 30.0 Å². The van der Waals surface area contributed by atoms with Crippen molar-refractivity contribution in [2.75, 3.05) is 13.1 Å². The maximum atomic E-state index is 12.7. The molecule has 4 aromatic heterocycles. The first-order valence-corrected chi connectivity index (χ1v) is 9.47. The number of carbonyl (C=O) groups excluding carboxylic acids is 1. The highest BCUT2D eigenvalue weighted by molar-refractivity contribution is 7.08. The molecule has 1 atom stereocenters. The number of nitrogens with zero attached hydrogens (tertiary/aromatic N) is 4. The minimum Gasteiger partial charge on any atom is -0.463 e. The summed E-state index contributed by atoms with van der Waals surface area (Å²) in [4.78, 5) is 19.0. The Hall–Kier alpha value is -3.20. The zero-order chi connectivity index (χ0) is 18.2. The van der Waals surface area contributed by atoms with Gasteiger partial charge in [-0.1, -0.05) is 5.16 Å². The monoisotopic (exact) mass is 381 g/mol. The van der Waals surface area contributed by atoms with E-state index in [-0.39, 0.29) is 11.8 Å². The number of aromatic nitrogens is 4. The molecule has 1 fully saturated rings. The SMILES string of the molecule is O=C(c1cc(-c2ccco2)[nH]n1)N1CCC(c2noc(-c3ccsc3)n2)C1. The molecule has 1 N–H and O–H groups in total. The van der Waals surface area contributed by atoms with E-state index in [1.165, 1.54) is 0 Å². The van der Waals surface area contributed by atoms with Crippen molar-refractivity contribution in [2.45, 2.75) is 12.3 Å². The second-order valence-corrected chi connectivity index (χ2v) is 7.13. The van der Waals surface area contributed by atoms with Crippen molar-refractivity contribution in [2.24, 2.45) is 0 Å². The quantitative estimate of drug-likeness (QED) is 0.581. The van der Waals surface area contributed by atoms with E-state index in [1.54, 1.807) is 34.6 Å². The maximum Gasteiger partial charge on any atom is 0.274 e. The van der Waals surface area contributed by atoms with Gasteiger partial charge >= 0.3 is 0 Å². The van der Waals surface area contributed by atoms with Crippen LogP contribution >= 0.6 is 11.3 Å². The van der Waals surface area contributed by atoms with Crippen LogP contribution in [-0.2, 0) is 0 Å². The molecule has 1 aliphatic rings. The number of H-pyrrole nitrogens is 1. The number of furan rings is 1. The minimum atomic E-state index is -0.117. The summed E-state index contributed by atoms with van der Waals surface area (Å²) in [5.74, 6) is 1.76. The number of aromatic amines is 1. The lowest BCUT2D eigenvalue weighted by atomic mass is 10.1. The number of hydrogen-bond donors (Lipinski definition) is 1. The van der Waals surface area contributed by atoms with E-state index in [9.17, 15) is 4.79 Å². The van der Waals surface area contributed by atoms with Crippen LogP contribution in [0.3, 0.4) is 0 Å². The van der Waals surface area contributed by atoms with Gasteiger partial charge in [0.1, 0.15) is 5.69 Å². The molecule has 5 rings (SSSR count). The molecule has 1 amide bonds. The standard InChI is InChI=1S/C18H15N5O3S/c24-18(14-8-13(20-21-14)15-2-1-6-25-15)23-5-3-11(9-23)16-19-17(26-22-16)12-4-7-27-10-12/h1-2,4,6-8,10-11H,3,5,9H2,(H,20,21). The molecule has 4 aromatic rings. The fourth-order valence-corrected chi connectivity index (χ4v) is 3.84. The summed E-state index contributed by atoms with van der Waals surface area (Å²) < 4.78 is 10.7. The van der Waals surface area contributed by atoms with Crippen LogP contribution in [0.25, 0.3) is 22.9 Å². The topological polar surface area (TPSA) is 101 Å². The van der Waals surface area contributed by atoms with Crippen molar-refractivity contribution in [3.8, 4) is 22.9 Å². The Morgan fingerprint density at radius 3 is 3.15 bits per heavy atom. The van der Waals surface area contributed by atoms with Crippen LogP contribution in [0.2, 0.25) is 0 Å². The number of thiophene rings is 1. The fourth-order valence-electron chi connectivity index (χ4n) is 3.21. The molecule has 1 aliphatic heterocycles. The third-order valence-electron chi connectivity index (χ3n) is 4.63. The summed E-state index contributed by atoms with van der Waals surface area (Å²) in [7, 11) is 0. The first-order valence-electron chi connectivity index (χ1n) is 8.52. The zero-order valence-electron chi connectivity index (χ0n) is 14.2. The van der Waals surface area contributed by atoms with Crippen molar-refractivity contribution in [1.82, 2.24) is 25.2 Å². The van der Waals surface area contributed by atoms with Gasteiger partial charge in [-0.2, -0.15) is 21.4 Å². The molecular weight excluding hydrogens is 366 g/mol. The molecule has 0 radical (unpaired) electrons. The molecular formula is C18H15N5O3S. The van der Waals surface area contributed by atoms with Crippen LogP contribution in [0.4, 0.5) is 0 Å². The van der Waals surface area contributed by atoms with Gasteiger partial charge in [0.15, 0.2) is 17.3 Å². The highest BCUT2D eigenvalue weighted by atomic mass is 32.1. The van der Waals surface area contributed by atoms with Gasteiger partial charge in [0.2, 0.25) is 0 Å². The summed E-state index contributed by atoms with van der Waals surface area (Å²) in [6.07, 6.45) is 2.38. The third-order valence-corrected chi connectivity index (χ3v) is 5.32. The lowest BCUT2D eigenvalue weighted by Gasteiger charge is -2.13. The van der Waals surface area contributed by atoms with Gasteiger partial charge in [-0.3, -0.25) is 9.89 Å². The van der Waals surface area contributed by atoms with E-state index in [2.05, 4.69) is 20.3 Å². The van der Waals surface area contributed by atoms with Crippen LogP contribution in [0.5, 0.6) is 0 Å². The van der Waals surface area contributed by atoms with Crippen LogP contribution in [0.1, 0.15) is 28.7 Å². The Bertz CT molecular complexity index is 1050. The first kappa shape index (κ1) is 16.0. The molecule has 27 heavy (non-hydrogen) atoms. The number of likely N-dealkylation sites (tertiary alicyclic amines) is 1. The normalized spacial score (nSPS) is 16.9. The highest BCUT2D eigenvalue weighted by Crippen LogP contribution is 2.29. The molecule has 9 heteroatoms. The summed E-state index contributed by atoms with van der Waals surface area (Å²) in [6, 6.07) is 7.26. The predicted molar refractivity (Wildman–Crippen MR) is 97.2 cm³/mol. The Morgan fingerprint density at radius 1 is 1.37 bits per heavy atom. The molecule has 1 saturated heterocycles. The van der Waals surface area contributed by atoms with Crippen molar-refractivity contribution in [3.05, 3.63) is 52.8 Å². The third kappa shape index (κ3) is 2.95. The number of amides is 1. The summed E-state index contributed by atoms with van der Waals surface area (Å²) in [5.41, 5.74) is 1.97. The van der Waals surface area contributed by atoms with Crippen LogP contribution in [-0.4, -0.2) is 44.2 Å². The van der Waals surface area contributed by atoms with Gasteiger partial charge < -0.3 is 13.8 Å². The second kappa shape index (κ2) is 6.51. The number of rotatable bonds is 4. The number of carbonyl (C=O) groups is 1. The molecule has 0 aromatic carbocycles. The van der Waals surface area contributed by atoms with Crippen LogP contribution < -0.4 is 0 Å². The smallest absolute Gasteiger partial charge is 0.274 e. The maximum absolute atomic E-state index is 12.7. The van der Waals surface area contributed by atoms with Gasteiger partial charge in [-0.25, -0.2) is 0 Å². The molecule has 8 nitrogen and oxygen atoms in total. The zero-order valence-corrected chi connectivity index (χ0v) is 15.0. The lowest BCUT2D eigenvalue weighted by Crippen LogP contribution is -2.28. The highest BCUT2D eigenvalue weighted by Gasteiger charge is 2.32. The average Bonchev–Trinajstić information content (AvgIpc) is 3.50. The van der Waals surface area contributed by atoms with Crippen molar-refractivity contribution in [3.63, 3.8) is 0 Å². The lowest BCUT2D eigenvalue weighted by molar-refractivity contribution is 0.0784. The molecule has 0 spiro atoms. The van der Waals surface area contributed by atoms with Crippen molar-refractivity contribution < 1.29 is 13.7 Å². The van der Waals surface area contributed by atoms with Crippen LogP contribution in [0, 0.1) is 0 Å². The molecule has 1 unspecified atom stereocenters. The Morgan fingerprint density at radius 2 is 2.33 bits per heavy atom.